The van der Waals surface area contributed by atoms with Gasteiger partial charge in [-0.1, -0.05) is 32.0 Å². The summed E-state index contributed by atoms with van der Waals surface area (Å²) in [6.45, 7) is 4.61. The number of ether oxygens (including phenoxy) is 1. The summed E-state index contributed by atoms with van der Waals surface area (Å²) in [4.78, 5) is 10.8. The summed E-state index contributed by atoms with van der Waals surface area (Å²) in [7, 11) is 0. The Kier molecular flexibility index (Phi) is 4.97. The van der Waals surface area contributed by atoms with E-state index in [1.54, 1.807) is 0 Å². The fourth-order valence-corrected chi connectivity index (χ4v) is 1.53. The van der Waals surface area contributed by atoms with Gasteiger partial charge in [-0.25, -0.2) is 0 Å². The van der Waals surface area contributed by atoms with E-state index >= 15 is 0 Å². The molecule has 94 valence electrons. The van der Waals surface area contributed by atoms with E-state index < -0.39 is 11.9 Å². The molecule has 0 radical (unpaired) electrons. The average molecular weight is 236 g/mol. The Hall–Kier alpha value is -1.55. The number of nitrogens with two attached hydrogens (primary N) is 2. The SMILES string of the molecule is CC(C)c1ccccc1OCCC(N)C(N)=O. The fraction of sp³-hybridized carbons (Fsp3) is 0.462. The zero-order valence-electron chi connectivity index (χ0n) is 10.3. The van der Waals surface area contributed by atoms with E-state index in [0.29, 0.717) is 18.9 Å². The number of rotatable bonds is 6. The van der Waals surface area contributed by atoms with Crippen molar-refractivity contribution >= 4 is 5.91 Å². The lowest BCUT2D eigenvalue weighted by Crippen LogP contribution is -2.37. The average Bonchev–Trinajstić information content (AvgIpc) is 2.29. The lowest BCUT2D eigenvalue weighted by Gasteiger charge is -2.14. The lowest BCUT2D eigenvalue weighted by atomic mass is 10.0. The van der Waals surface area contributed by atoms with E-state index in [0.717, 1.165) is 11.3 Å². The highest BCUT2D eigenvalue weighted by Crippen LogP contribution is 2.25. The lowest BCUT2D eigenvalue weighted by molar-refractivity contribution is -0.119. The van der Waals surface area contributed by atoms with Gasteiger partial charge in [-0.15, -0.1) is 0 Å². The fourth-order valence-electron chi connectivity index (χ4n) is 1.53. The number of hydrogen-bond donors (Lipinski definition) is 2. The number of carbonyl (C=O) groups is 1. The van der Waals surface area contributed by atoms with Gasteiger partial charge in [0.2, 0.25) is 5.91 Å². The Morgan fingerprint density at radius 2 is 2.00 bits per heavy atom. The van der Waals surface area contributed by atoms with Gasteiger partial charge in [-0.2, -0.15) is 0 Å². The van der Waals surface area contributed by atoms with Crippen LogP contribution >= 0.6 is 0 Å². The van der Waals surface area contributed by atoms with Gasteiger partial charge >= 0.3 is 0 Å². The molecule has 1 atom stereocenters. The van der Waals surface area contributed by atoms with Crippen molar-refractivity contribution in [2.24, 2.45) is 11.5 Å². The third-order valence-corrected chi connectivity index (χ3v) is 2.59. The molecule has 0 aliphatic heterocycles. The van der Waals surface area contributed by atoms with Crippen LogP contribution < -0.4 is 16.2 Å². The molecule has 1 aromatic rings. The highest BCUT2D eigenvalue weighted by Gasteiger charge is 2.10. The van der Waals surface area contributed by atoms with Crippen LogP contribution in [0.2, 0.25) is 0 Å². The molecule has 1 amide bonds. The molecule has 0 aliphatic rings. The molecule has 0 fully saturated rings. The van der Waals surface area contributed by atoms with Crippen molar-refractivity contribution in [1.29, 1.82) is 0 Å². The molecule has 0 spiro atoms. The van der Waals surface area contributed by atoms with Gasteiger partial charge in [-0.05, 0) is 17.5 Å². The largest absolute Gasteiger partial charge is 0.493 e. The first kappa shape index (κ1) is 13.5. The molecule has 0 saturated heterocycles. The summed E-state index contributed by atoms with van der Waals surface area (Å²) < 4.78 is 5.63. The highest BCUT2D eigenvalue weighted by molar-refractivity contribution is 5.79. The smallest absolute Gasteiger partial charge is 0.234 e. The van der Waals surface area contributed by atoms with Gasteiger partial charge in [0.05, 0.1) is 12.6 Å². The molecule has 0 heterocycles. The standard InChI is InChI=1S/C13H20N2O2/c1-9(2)10-5-3-4-6-12(10)17-8-7-11(14)13(15)16/h3-6,9,11H,7-8,14H2,1-2H3,(H2,15,16). The summed E-state index contributed by atoms with van der Waals surface area (Å²) in [5.41, 5.74) is 11.8. The first-order valence-corrected chi connectivity index (χ1v) is 5.79. The van der Waals surface area contributed by atoms with Gasteiger partial charge in [0.1, 0.15) is 5.75 Å². The third kappa shape index (κ3) is 4.07. The van der Waals surface area contributed by atoms with Crippen molar-refractivity contribution in [2.75, 3.05) is 6.61 Å². The predicted molar refractivity (Wildman–Crippen MR) is 67.8 cm³/mol. The number of para-hydroxylation sites is 1. The molecule has 1 rings (SSSR count). The minimum atomic E-state index is -0.638. The van der Waals surface area contributed by atoms with Crippen molar-refractivity contribution in [3.8, 4) is 5.75 Å². The summed E-state index contributed by atoms with van der Waals surface area (Å²) in [5.74, 6) is 0.751. The highest BCUT2D eigenvalue weighted by atomic mass is 16.5. The molecule has 1 unspecified atom stereocenters. The van der Waals surface area contributed by atoms with E-state index in [1.165, 1.54) is 0 Å². The first-order valence-electron chi connectivity index (χ1n) is 5.79. The van der Waals surface area contributed by atoms with Crippen LogP contribution in [0.5, 0.6) is 5.75 Å². The first-order chi connectivity index (χ1) is 8.02. The van der Waals surface area contributed by atoms with Gasteiger partial charge < -0.3 is 16.2 Å². The normalized spacial score (nSPS) is 12.5. The molecule has 1 aromatic carbocycles. The summed E-state index contributed by atoms with van der Waals surface area (Å²) >= 11 is 0. The van der Waals surface area contributed by atoms with Crippen molar-refractivity contribution < 1.29 is 9.53 Å². The molecule has 0 saturated carbocycles. The number of benzene rings is 1. The maximum absolute atomic E-state index is 10.8. The van der Waals surface area contributed by atoms with Crippen LogP contribution in [0.15, 0.2) is 24.3 Å². The zero-order valence-corrected chi connectivity index (χ0v) is 10.3. The van der Waals surface area contributed by atoms with Crippen molar-refractivity contribution in [3.63, 3.8) is 0 Å². The molecule has 4 heteroatoms. The minimum absolute atomic E-state index is 0.397. The Bertz CT molecular complexity index is 377. The van der Waals surface area contributed by atoms with Crippen LogP contribution in [-0.2, 0) is 4.79 Å². The molecule has 17 heavy (non-hydrogen) atoms. The zero-order chi connectivity index (χ0) is 12.8. The van der Waals surface area contributed by atoms with Crippen LogP contribution in [0.25, 0.3) is 0 Å². The predicted octanol–water partition coefficient (Wildman–Crippen LogP) is 1.39. The topological polar surface area (TPSA) is 78.3 Å². The number of hydrogen-bond acceptors (Lipinski definition) is 3. The molecule has 0 aliphatic carbocycles. The summed E-state index contributed by atoms with van der Waals surface area (Å²) in [5, 5.41) is 0. The number of carbonyl (C=O) groups excluding carboxylic acids is 1. The second-order valence-corrected chi connectivity index (χ2v) is 4.34. The van der Waals surface area contributed by atoms with Crippen LogP contribution in [-0.4, -0.2) is 18.6 Å². The van der Waals surface area contributed by atoms with Crippen LogP contribution in [0, 0.1) is 0 Å². The molecule has 0 aromatic heterocycles. The van der Waals surface area contributed by atoms with Crippen molar-refractivity contribution in [2.45, 2.75) is 32.2 Å². The Balaban J connectivity index is 2.55. The van der Waals surface area contributed by atoms with Gasteiger partial charge in [-0.3, -0.25) is 4.79 Å². The molecular formula is C13H20N2O2. The monoisotopic (exact) mass is 236 g/mol. The number of amides is 1. The van der Waals surface area contributed by atoms with E-state index in [-0.39, 0.29) is 0 Å². The maximum atomic E-state index is 10.8. The Morgan fingerprint density at radius 1 is 1.35 bits per heavy atom. The second-order valence-electron chi connectivity index (χ2n) is 4.34. The third-order valence-electron chi connectivity index (χ3n) is 2.59. The van der Waals surface area contributed by atoms with Gasteiger partial charge in [0.15, 0.2) is 0 Å². The Morgan fingerprint density at radius 3 is 2.59 bits per heavy atom. The number of primary amides is 1. The van der Waals surface area contributed by atoms with Crippen molar-refractivity contribution in [3.05, 3.63) is 29.8 Å². The van der Waals surface area contributed by atoms with E-state index in [9.17, 15) is 4.79 Å². The van der Waals surface area contributed by atoms with Crippen LogP contribution in [0.3, 0.4) is 0 Å². The van der Waals surface area contributed by atoms with Crippen molar-refractivity contribution in [1.82, 2.24) is 0 Å². The summed E-state index contributed by atoms with van der Waals surface area (Å²) in [6.07, 6.45) is 0.432. The summed E-state index contributed by atoms with van der Waals surface area (Å²) in [6, 6.07) is 7.23. The van der Waals surface area contributed by atoms with Gasteiger partial charge in [0, 0.05) is 6.42 Å². The second kappa shape index (κ2) is 6.25. The molecular weight excluding hydrogens is 216 g/mol. The maximum Gasteiger partial charge on any atom is 0.234 e. The van der Waals surface area contributed by atoms with E-state index in [2.05, 4.69) is 13.8 Å². The quantitative estimate of drug-likeness (QED) is 0.783. The molecule has 0 bridgehead atoms. The minimum Gasteiger partial charge on any atom is -0.493 e. The Labute approximate surface area is 102 Å². The van der Waals surface area contributed by atoms with Crippen LogP contribution in [0.1, 0.15) is 31.7 Å². The van der Waals surface area contributed by atoms with Crippen LogP contribution in [0.4, 0.5) is 0 Å². The molecule has 4 N–H and O–H groups in total. The van der Waals surface area contributed by atoms with E-state index in [4.69, 9.17) is 16.2 Å². The molecule has 4 nitrogen and oxygen atoms in total. The van der Waals surface area contributed by atoms with E-state index in [1.807, 2.05) is 24.3 Å². The van der Waals surface area contributed by atoms with Gasteiger partial charge in [0.25, 0.3) is 0 Å².